The first-order valence-electron chi connectivity index (χ1n) is 8.97. The molecule has 29 heavy (non-hydrogen) atoms. The fourth-order valence-electron chi connectivity index (χ4n) is 2.68. The van der Waals surface area contributed by atoms with Gasteiger partial charge in [-0.3, -0.25) is 15.4 Å². The molecule has 2 amide bonds. The lowest BCUT2D eigenvalue weighted by Crippen LogP contribution is -2.39. The fraction of sp³-hybridized carbons (Fsp3) is 0.250. The number of hydrogen-bond donors (Lipinski definition) is 3. The summed E-state index contributed by atoms with van der Waals surface area (Å²) in [7, 11) is 1.52. The van der Waals surface area contributed by atoms with Crippen molar-refractivity contribution in [2.75, 3.05) is 12.4 Å². The number of rotatable bonds is 7. The minimum absolute atomic E-state index is 0.0344. The molecule has 3 N–H and O–H groups in total. The third kappa shape index (κ3) is 5.66. The number of aryl methyl sites for hydroxylation is 1. The maximum absolute atomic E-state index is 12.4. The minimum atomic E-state index is -0.831. The monoisotopic (exact) mass is 432 g/mol. The van der Waals surface area contributed by atoms with Gasteiger partial charge in [0.05, 0.1) is 16.6 Å². The van der Waals surface area contributed by atoms with E-state index in [0.29, 0.717) is 16.7 Å². The molecule has 0 aliphatic heterocycles. The maximum Gasteiger partial charge on any atom is 0.415 e. The first-order chi connectivity index (χ1) is 14.0. The lowest BCUT2D eigenvalue weighted by Gasteiger charge is -2.19. The number of benzene rings is 2. The van der Waals surface area contributed by atoms with Crippen molar-refractivity contribution >= 4 is 50.3 Å². The number of thiazole rings is 1. The van der Waals surface area contributed by atoms with Crippen LogP contribution in [0.3, 0.4) is 0 Å². The third-order valence-corrected chi connectivity index (χ3v) is 5.51. The maximum atomic E-state index is 12.4. The largest absolute Gasteiger partial charge is 0.430 e. The molecule has 0 radical (unpaired) electrons. The zero-order valence-electron chi connectivity index (χ0n) is 16.0. The second-order valence-corrected chi connectivity index (χ2v) is 7.75. The number of hydrogen-bond acceptors (Lipinski definition) is 6. The van der Waals surface area contributed by atoms with E-state index in [1.54, 1.807) is 6.07 Å². The van der Waals surface area contributed by atoms with Crippen LogP contribution < -0.4 is 16.0 Å². The number of halogens is 1. The van der Waals surface area contributed by atoms with Crippen molar-refractivity contribution in [2.24, 2.45) is 0 Å². The summed E-state index contributed by atoms with van der Waals surface area (Å²) in [5, 5.41) is 9.24. The molecule has 3 aromatic rings. The third-order valence-electron chi connectivity index (χ3n) is 4.21. The molecule has 0 aliphatic carbocycles. The van der Waals surface area contributed by atoms with Crippen LogP contribution in [0.5, 0.6) is 0 Å². The molecule has 0 fully saturated rings. The first kappa shape index (κ1) is 21.0. The van der Waals surface area contributed by atoms with Crippen LogP contribution in [0.4, 0.5) is 9.93 Å². The average Bonchev–Trinajstić information content (AvgIpc) is 3.10. The van der Waals surface area contributed by atoms with E-state index < -0.39 is 12.3 Å². The van der Waals surface area contributed by atoms with Gasteiger partial charge in [-0.15, -0.1) is 0 Å². The number of nitrogens with zero attached hydrogens (tertiary/aromatic N) is 1. The van der Waals surface area contributed by atoms with Crippen LogP contribution in [0.1, 0.15) is 17.5 Å². The summed E-state index contributed by atoms with van der Waals surface area (Å²) in [5.74, 6) is -0.259. The number of ether oxygens (including phenoxy) is 1. The summed E-state index contributed by atoms with van der Waals surface area (Å²) in [6.45, 7) is 2.30. The van der Waals surface area contributed by atoms with E-state index in [1.165, 1.54) is 18.4 Å². The standard InChI is InChI=1S/C20H21ClN4O3S/c1-12-6-5-9-15-18(12)24-19(29-15)25-20(27)28-17(10-16(26)22-2)23-11-13-7-3-4-8-14(13)21/h3-9,17,23H,10-11H2,1-2H3,(H,22,26)(H,24,25,27). The van der Waals surface area contributed by atoms with Gasteiger partial charge in [-0.2, -0.15) is 0 Å². The Morgan fingerprint density at radius 1 is 1.21 bits per heavy atom. The van der Waals surface area contributed by atoms with Gasteiger partial charge in [-0.25, -0.2) is 9.78 Å². The van der Waals surface area contributed by atoms with Crippen molar-refractivity contribution in [3.63, 3.8) is 0 Å². The number of aromatic nitrogens is 1. The molecule has 1 heterocycles. The topological polar surface area (TPSA) is 92.4 Å². The number of nitrogens with one attached hydrogen (secondary N) is 3. The molecule has 7 nitrogen and oxygen atoms in total. The van der Waals surface area contributed by atoms with Crippen molar-refractivity contribution in [1.82, 2.24) is 15.6 Å². The van der Waals surface area contributed by atoms with E-state index in [-0.39, 0.29) is 12.3 Å². The second-order valence-electron chi connectivity index (χ2n) is 6.31. The predicted molar refractivity (Wildman–Crippen MR) is 115 cm³/mol. The number of amides is 2. The second kappa shape index (κ2) is 9.69. The van der Waals surface area contributed by atoms with Crippen LogP contribution in [0.25, 0.3) is 10.2 Å². The summed E-state index contributed by atoms with van der Waals surface area (Å²) in [4.78, 5) is 28.6. The molecule has 0 aliphatic rings. The molecule has 1 aromatic heterocycles. The Morgan fingerprint density at radius 3 is 2.72 bits per heavy atom. The van der Waals surface area contributed by atoms with Crippen molar-refractivity contribution in [1.29, 1.82) is 0 Å². The quantitative estimate of drug-likeness (QED) is 0.489. The Morgan fingerprint density at radius 2 is 2.00 bits per heavy atom. The van der Waals surface area contributed by atoms with Gasteiger partial charge >= 0.3 is 6.09 Å². The highest BCUT2D eigenvalue weighted by atomic mass is 35.5. The molecule has 152 valence electrons. The Balaban J connectivity index is 1.65. The summed E-state index contributed by atoms with van der Waals surface area (Å²) in [5.41, 5.74) is 2.70. The molecular formula is C20H21ClN4O3S. The van der Waals surface area contributed by atoms with E-state index in [4.69, 9.17) is 16.3 Å². The van der Waals surface area contributed by atoms with Gasteiger partial charge in [0.2, 0.25) is 5.91 Å². The molecule has 0 spiro atoms. The van der Waals surface area contributed by atoms with Crippen molar-refractivity contribution in [2.45, 2.75) is 26.1 Å². The smallest absolute Gasteiger partial charge is 0.415 e. The van der Waals surface area contributed by atoms with Gasteiger partial charge < -0.3 is 10.1 Å². The van der Waals surface area contributed by atoms with Crippen molar-refractivity contribution in [3.8, 4) is 0 Å². The highest BCUT2D eigenvalue weighted by molar-refractivity contribution is 7.22. The summed E-state index contributed by atoms with van der Waals surface area (Å²) in [6.07, 6.45) is -1.56. The van der Waals surface area contributed by atoms with Crippen LogP contribution in [-0.2, 0) is 16.1 Å². The summed E-state index contributed by atoms with van der Waals surface area (Å²) < 4.78 is 6.39. The summed E-state index contributed by atoms with van der Waals surface area (Å²) >= 11 is 7.52. The number of anilines is 1. The number of para-hydroxylation sites is 1. The molecule has 1 unspecified atom stereocenters. The Labute approximate surface area is 177 Å². The van der Waals surface area contributed by atoms with Crippen LogP contribution in [0, 0.1) is 6.92 Å². The average molecular weight is 433 g/mol. The van der Waals surface area contributed by atoms with E-state index in [1.807, 2.05) is 43.3 Å². The zero-order chi connectivity index (χ0) is 20.8. The van der Waals surface area contributed by atoms with Gasteiger partial charge in [0.25, 0.3) is 0 Å². The molecule has 1 atom stereocenters. The van der Waals surface area contributed by atoms with Gasteiger partial charge in [-0.1, -0.05) is 53.3 Å². The molecular weight excluding hydrogens is 412 g/mol. The van der Waals surface area contributed by atoms with E-state index in [9.17, 15) is 9.59 Å². The first-order valence-corrected chi connectivity index (χ1v) is 10.2. The summed E-state index contributed by atoms with van der Waals surface area (Å²) in [6, 6.07) is 13.2. The highest BCUT2D eigenvalue weighted by Crippen LogP contribution is 2.28. The Bertz CT molecular complexity index is 1020. The van der Waals surface area contributed by atoms with Crippen LogP contribution in [0.15, 0.2) is 42.5 Å². The molecule has 3 rings (SSSR count). The lowest BCUT2D eigenvalue weighted by molar-refractivity contribution is -0.122. The lowest BCUT2D eigenvalue weighted by atomic mass is 10.2. The molecule has 2 aromatic carbocycles. The fourth-order valence-corrected chi connectivity index (χ4v) is 3.81. The normalized spacial score (nSPS) is 11.8. The van der Waals surface area contributed by atoms with Crippen LogP contribution in [0.2, 0.25) is 5.02 Å². The van der Waals surface area contributed by atoms with Gasteiger partial charge in [0, 0.05) is 18.6 Å². The molecule has 9 heteroatoms. The van der Waals surface area contributed by atoms with Gasteiger partial charge in [0.15, 0.2) is 11.4 Å². The van der Waals surface area contributed by atoms with E-state index in [0.717, 1.165) is 21.3 Å². The molecule has 0 saturated heterocycles. The van der Waals surface area contributed by atoms with E-state index >= 15 is 0 Å². The van der Waals surface area contributed by atoms with Gasteiger partial charge in [-0.05, 0) is 30.2 Å². The molecule has 0 saturated carbocycles. The van der Waals surface area contributed by atoms with Crippen molar-refractivity contribution < 1.29 is 14.3 Å². The SMILES string of the molecule is CNC(=O)CC(NCc1ccccc1Cl)OC(=O)Nc1nc2c(C)cccc2s1. The number of fused-ring (bicyclic) bond motifs is 1. The van der Waals surface area contributed by atoms with Crippen LogP contribution >= 0.6 is 22.9 Å². The van der Waals surface area contributed by atoms with E-state index in [2.05, 4.69) is 20.9 Å². The van der Waals surface area contributed by atoms with Gasteiger partial charge in [0.1, 0.15) is 0 Å². The highest BCUT2D eigenvalue weighted by Gasteiger charge is 2.19. The molecule has 0 bridgehead atoms. The Hall–Kier alpha value is -2.68. The predicted octanol–water partition coefficient (Wildman–Crippen LogP) is 4.06. The zero-order valence-corrected chi connectivity index (χ0v) is 17.6. The minimum Gasteiger partial charge on any atom is -0.430 e. The number of carbonyl (C=O) groups excluding carboxylic acids is 2. The number of carbonyl (C=O) groups is 2. The van der Waals surface area contributed by atoms with Crippen LogP contribution in [-0.4, -0.2) is 30.3 Å². The van der Waals surface area contributed by atoms with Crippen molar-refractivity contribution in [3.05, 3.63) is 58.6 Å². The Kier molecular flexibility index (Phi) is 7.03.